The molecule has 47 nitrogen and oxygen atoms in total. The highest BCUT2D eigenvalue weighted by atomic mass is 16.8. The summed E-state index contributed by atoms with van der Waals surface area (Å²) in [5.74, 6) is -5.03. The van der Waals surface area contributed by atoms with Crippen LogP contribution in [0.2, 0.25) is 0 Å². The van der Waals surface area contributed by atoms with E-state index in [1.54, 1.807) is 20.8 Å². The Balaban J connectivity index is 0.802. The Morgan fingerprint density at radius 2 is 0.909 bits per heavy atom. The molecule has 0 spiro atoms. The van der Waals surface area contributed by atoms with Crippen LogP contribution < -0.4 is 0 Å². The molecule has 0 amide bonds. The van der Waals surface area contributed by atoms with E-state index in [4.69, 9.17) is 85.3 Å². The van der Waals surface area contributed by atoms with Gasteiger partial charge in [0.15, 0.2) is 56.2 Å². The Morgan fingerprint density at radius 3 is 1.46 bits per heavy atom. The number of aliphatic hydroxyl groups is 26. The summed E-state index contributed by atoms with van der Waals surface area (Å²) in [6, 6.07) is 0. The van der Waals surface area contributed by atoms with Gasteiger partial charge in [-0.05, 0) is 138 Å². The lowest BCUT2D eigenvalue weighted by molar-refractivity contribution is -0.390. The van der Waals surface area contributed by atoms with E-state index in [-0.39, 0.29) is 67.9 Å². The first-order valence-corrected chi connectivity index (χ1v) is 49.2. The lowest BCUT2D eigenvalue weighted by atomic mass is 9.33. The first-order chi connectivity index (χ1) is 67.1. The van der Waals surface area contributed by atoms with E-state index in [0.717, 1.165) is 0 Å². The average Bonchev–Trinajstić information content (AvgIpc) is 1.15. The lowest BCUT2D eigenvalue weighted by Gasteiger charge is -2.72. The maximum Gasteiger partial charge on any atom is 0.336 e. The van der Waals surface area contributed by atoms with Gasteiger partial charge in [0.2, 0.25) is 6.29 Å². The molecule has 13 rings (SSSR count). The predicted octanol–water partition coefficient (Wildman–Crippen LogP) is -7.09. The molecular formula is C96H152O47. The number of hydrogen-bond acceptors (Lipinski definition) is 47. The normalized spacial score (nSPS) is 48.2. The van der Waals surface area contributed by atoms with Gasteiger partial charge in [-0.25, -0.2) is 9.59 Å². The predicted molar refractivity (Wildman–Crippen MR) is 479 cm³/mol. The number of aliphatic hydroxyl groups excluding tert-OH is 25. The number of rotatable bonds is 35. The van der Waals surface area contributed by atoms with Crippen molar-refractivity contribution in [2.24, 2.45) is 50.2 Å². The summed E-state index contributed by atoms with van der Waals surface area (Å²) in [4.78, 5) is 45.3. The molecule has 8 saturated heterocycles. The fraction of sp³-hybridized carbons (Fsp3) is 0.865. The van der Waals surface area contributed by atoms with Crippen LogP contribution in [0, 0.1) is 50.2 Å². The van der Waals surface area contributed by atoms with Crippen LogP contribution in [0.5, 0.6) is 0 Å². The van der Waals surface area contributed by atoms with Gasteiger partial charge in [0.25, 0.3) is 0 Å². The maximum absolute atomic E-state index is 16.9. The smallest absolute Gasteiger partial charge is 0.336 e. The van der Waals surface area contributed by atoms with Crippen molar-refractivity contribution in [3.63, 3.8) is 0 Å². The highest BCUT2D eigenvalue weighted by Crippen LogP contribution is 2.76. The number of carbonyl (C=O) groups excluding carboxylic acids is 3. The molecule has 8 heterocycles. The number of esters is 3. The van der Waals surface area contributed by atoms with E-state index in [1.807, 2.05) is 20.8 Å². The van der Waals surface area contributed by atoms with E-state index in [1.165, 1.54) is 45.1 Å². The SMILES string of the molecule is C=CC(C)(O)CC/C=C(\CO)C(=O)O[C@H]1[C@H](O)[C@@H](O)[C@H](O[C@@](C)(C=C)CC/C=C(\CO)C(=O)O[C@H]2C[C@]3(C(=O)O[C@@H]4O[C@H](CO)[C@@H](O)[C@H](O)[C@H]4O[C@@H]4O[C@@H](C)[C@H](O[C@@H]5O[C@@H](CO)[C@H](O)[C@H]5O)[C@@H](O[C@@H]5O[C@H](CO)[C@@H](O)[C@H](O)[C@H]5O)[C@H]4O)[C@H](O)C[C@]4(C)C(=CC[C@@H]5[C@@]6(C)CC[C@H](O[C@@H]7O[C@H](CO[C@@H]8OC[C@H](O)[C@H](O)[C@H]8O)[C@@H](O)[C@H](O)[C@H]7O[C@@H]7O[C@H](CO)[C@@H](O)[C@H](O)[C@H]7O)C(C)(C)[C@@H]6CC[C@]54C)[C@@H]3CC2(C)C)O[C@@H]1C. The van der Waals surface area contributed by atoms with Crippen LogP contribution in [0.3, 0.4) is 0 Å². The zero-order valence-corrected chi connectivity index (χ0v) is 82.0. The molecular weight excluding hydrogens is 1910 g/mol. The van der Waals surface area contributed by atoms with Gasteiger partial charge in [-0.2, -0.15) is 0 Å². The second-order valence-corrected chi connectivity index (χ2v) is 43.4. The Hall–Kier alpha value is -4.53. The quantitative estimate of drug-likeness (QED) is 0.00922. The standard InChI is InChI=1S/C96H152O47/c1-14-91(9,125)24-16-18-42(32-98)79(123)137-73-39(3)129-85(71(120)66(73)115)143-92(10,15-2)25-17-19-41(31-97)78(122)135-55-30-96(88(124)142-87-77(64(113)59(108)48(35-101)133-87)141-84-72(121)75(139-82-69(118)62(111)57(106)46(33-99)130-82)74(40(4)128-84)138-81-68(117)60(109)49(36-102)132-81)44(28-89(55,5)6)43-20-21-52-93(11)26-23-54(90(7,8)51(93)22-27-94(52,12)95(43,13)29-53(96)104)136-86-76(140-83-70(119)63(112)58(107)47(34-100)131-83)65(114)61(110)50(134-86)38-127-80-67(116)56(105)45(103)37-126-80/h14-15,18-20,39-40,44-77,80-87,97-121,125H,1-2,16-17,21-38H2,3-13H3/b41-19+,42-18+/t39-,40+,44+,45+,46-,47-,48-,49+,50-,51+,52-,53-,54+,55+,56+,57-,58-,59-,60+,61-,62+,63+,64+,65+,66-,67-,68-,69-,70-,71-,72-,73-,74+,75+,76-,77-,80+,81+,82+,83+,84+,85+,86+,87+,91?,92+,93+,94-,95-,96-/m1/s1. The molecule has 0 radical (unpaired) electrons. The maximum atomic E-state index is 16.9. The summed E-state index contributed by atoms with van der Waals surface area (Å²) >= 11 is 0. The van der Waals surface area contributed by atoms with Crippen molar-refractivity contribution >= 4 is 17.9 Å². The summed E-state index contributed by atoms with van der Waals surface area (Å²) in [6.07, 6.45) is -64.9. The molecule has 0 bridgehead atoms. The van der Waals surface area contributed by atoms with Crippen LogP contribution in [0.4, 0.5) is 0 Å². The zero-order chi connectivity index (χ0) is 105. The highest BCUT2D eigenvalue weighted by molar-refractivity contribution is 5.89. The first kappa shape index (κ1) is 116. The van der Waals surface area contributed by atoms with Crippen molar-refractivity contribution in [2.75, 3.05) is 52.9 Å². The van der Waals surface area contributed by atoms with Crippen LogP contribution in [0.25, 0.3) is 0 Å². The molecule has 47 heteroatoms. The zero-order valence-electron chi connectivity index (χ0n) is 82.0. The van der Waals surface area contributed by atoms with Crippen molar-refractivity contribution in [3.05, 3.63) is 60.3 Å². The van der Waals surface area contributed by atoms with Crippen molar-refractivity contribution < 1.29 is 232 Å². The number of carbonyl (C=O) groups is 3. The van der Waals surface area contributed by atoms with Gasteiger partial charge < -0.3 is 218 Å². The monoisotopic (exact) mass is 2060 g/mol. The average molecular weight is 2060 g/mol. The molecule has 8 aliphatic heterocycles. The minimum absolute atomic E-state index is 0.0640. The van der Waals surface area contributed by atoms with Crippen LogP contribution in [-0.2, 0) is 99.6 Å². The molecule has 4 saturated carbocycles. The van der Waals surface area contributed by atoms with Gasteiger partial charge in [-0.3, -0.25) is 4.79 Å². The van der Waals surface area contributed by atoms with Gasteiger partial charge in [0.1, 0.15) is 170 Å². The third-order valence-electron chi connectivity index (χ3n) is 33.6. The minimum atomic E-state index is -2.31. The van der Waals surface area contributed by atoms with E-state index in [9.17, 15) is 138 Å². The van der Waals surface area contributed by atoms with Gasteiger partial charge in [-0.1, -0.05) is 84.4 Å². The van der Waals surface area contributed by atoms with Crippen molar-refractivity contribution in [1.29, 1.82) is 0 Å². The largest absolute Gasteiger partial charge is 0.458 e. The van der Waals surface area contributed by atoms with Crippen molar-refractivity contribution in [2.45, 2.75) is 416 Å². The van der Waals surface area contributed by atoms with Crippen LogP contribution in [0.15, 0.2) is 60.3 Å². The molecule has 26 N–H and O–H groups in total. The molecule has 13 aliphatic rings. The third-order valence-corrected chi connectivity index (χ3v) is 33.6. The molecule has 0 aromatic carbocycles. The van der Waals surface area contributed by atoms with Gasteiger partial charge in [0, 0.05) is 11.8 Å². The van der Waals surface area contributed by atoms with Gasteiger partial charge in [0.05, 0.1) is 99.6 Å². The first-order valence-electron chi connectivity index (χ1n) is 49.2. The second-order valence-electron chi connectivity index (χ2n) is 43.4. The van der Waals surface area contributed by atoms with Gasteiger partial charge >= 0.3 is 17.9 Å². The van der Waals surface area contributed by atoms with E-state index in [2.05, 4.69) is 33.1 Å². The summed E-state index contributed by atoms with van der Waals surface area (Å²) in [5.41, 5.74) is -9.43. The molecule has 0 aromatic rings. The minimum Gasteiger partial charge on any atom is -0.458 e. The third kappa shape index (κ3) is 22.4. The number of ether oxygens (including phenoxy) is 18. The molecule has 143 heavy (non-hydrogen) atoms. The molecule has 818 valence electrons. The summed E-state index contributed by atoms with van der Waals surface area (Å²) < 4.78 is 110. The van der Waals surface area contributed by atoms with Crippen molar-refractivity contribution in [1.82, 2.24) is 0 Å². The fourth-order valence-electron chi connectivity index (χ4n) is 24.3. The molecule has 1 unspecified atom stereocenters. The topological polar surface area (TPSA) is 743 Å². The fourth-order valence-corrected chi connectivity index (χ4v) is 24.3. The lowest BCUT2D eigenvalue weighted by Crippen LogP contribution is -2.70. The Morgan fingerprint density at radius 1 is 0.448 bits per heavy atom. The van der Waals surface area contributed by atoms with Gasteiger partial charge in [-0.15, -0.1) is 13.2 Å². The number of hydrogen-bond donors (Lipinski definition) is 26. The molecule has 0 aromatic heterocycles. The second kappa shape index (κ2) is 45.8. The Labute approximate surface area is 826 Å². The molecule has 50 atom stereocenters. The van der Waals surface area contributed by atoms with Crippen LogP contribution >= 0.6 is 0 Å². The van der Waals surface area contributed by atoms with E-state index in [0.29, 0.717) is 31.3 Å². The summed E-state index contributed by atoms with van der Waals surface area (Å²) in [5, 5.41) is 290. The van der Waals surface area contributed by atoms with Crippen molar-refractivity contribution in [3.8, 4) is 0 Å². The summed E-state index contributed by atoms with van der Waals surface area (Å²) in [6.45, 7) is 20.7. The Kier molecular flexibility index (Phi) is 37.0. The number of allylic oxidation sites excluding steroid dienone is 4. The van der Waals surface area contributed by atoms with E-state index >= 15 is 9.59 Å². The molecule has 5 aliphatic carbocycles. The molecule has 12 fully saturated rings. The highest BCUT2D eigenvalue weighted by Gasteiger charge is 2.74. The summed E-state index contributed by atoms with van der Waals surface area (Å²) in [7, 11) is 0. The van der Waals surface area contributed by atoms with Crippen LogP contribution in [0.1, 0.15) is 153 Å². The number of fused-ring (bicyclic) bond motifs is 7. The van der Waals surface area contributed by atoms with E-state index < -0.39 is 379 Å². The Bertz CT molecular complexity index is 4370. The van der Waals surface area contributed by atoms with Crippen LogP contribution in [-0.4, -0.2) is 466 Å².